The van der Waals surface area contributed by atoms with Crippen molar-refractivity contribution in [3.63, 3.8) is 0 Å². The smallest absolute Gasteiger partial charge is 0.189 e. The van der Waals surface area contributed by atoms with E-state index in [2.05, 4.69) is 23.0 Å². The number of nitrogen functional groups attached to an aromatic ring is 1. The standard InChI is InChI=1S/C11H14N4S/c1-2-5-16-11-14-9(7-3-4-7)8(6-12)10(13)15-11/h7H,2-5H2,1H3,(H2,13,14,15). The van der Waals surface area contributed by atoms with Crippen LogP contribution in [0.15, 0.2) is 5.16 Å². The van der Waals surface area contributed by atoms with Crippen molar-refractivity contribution < 1.29 is 0 Å². The maximum atomic E-state index is 9.03. The van der Waals surface area contributed by atoms with Crippen LogP contribution in [0.25, 0.3) is 0 Å². The summed E-state index contributed by atoms with van der Waals surface area (Å²) in [6.45, 7) is 2.11. The molecule has 2 N–H and O–H groups in total. The van der Waals surface area contributed by atoms with Crippen LogP contribution in [0.2, 0.25) is 0 Å². The lowest BCUT2D eigenvalue weighted by molar-refractivity contribution is 0.880. The van der Waals surface area contributed by atoms with Crippen LogP contribution in [0.3, 0.4) is 0 Å². The first-order valence-corrected chi connectivity index (χ1v) is 6.45. The molecule has 0 saturated heterocycles. The van der Waals surface area contributed by atoms with Crippen LogP contribution in [0.4, 0.5) is 5.82 Å². The molecule has 0 radical (unpaired) electrons. The van der Waals surface area contributed by atoms with Crippen LogP contribution < -0.4 is 5.73 Å². The zero-order valence-corrected chi connectivity index (χ0v) is 10.0. The Morgan fingerprint density at radius 1 is 1.50 bits per heavy atom. The van der Waals surface area contributed by atoms with Gasteiger partial charge in [-0.05, 0) is 19.3 Å². The Hall–Kier alpha value is -1.28. The predicted octanol–water partition coefficient (Wildman–Crippen LogP) is 2.31. The zero-order chi connectivity index (χ0) is 11.5. The molecule has 84 valence electrons. The van der Waals surface area contributed by atoms with E-state index in [0.29, 0.717) is 22.5 Å². The number of anilines is 1. The van der Waals surface area contributed by atoms with Gasteiger partial charge >= 0.3 is 0 Å². The van der Waals surface area contributed by atoms with Gasteiger partial charge in [-0.1, -0.05) is 18.7 Å². The molecular weight excluding hydrogens is 220 g/mol. The third-order valence-corrected chi connectivity index (χ3v) is 3.51. The van der Waals surface area contributed by atoms with Gasteiger partial charge in [-0.3, -0.25) is 0 Å². The Bertz CT molecular complexity index is 434. The summed E-state index contributed by atoms with van der Waals surface area (Å²) in [5.41, 5.74) is 7.11. The summed E-state index contributed by atoms with van der Waals surface area (Å²) in [4.78, 5) is 8.61. The van der Waals surface area contributed by atoms with Crippen LogP contribution in [-0.2, 0) is 0 Å². The van der Waals surface area contributed by atoms with E-state index in [1.165, 1.54) is 0 Å². The number of nitrogens with two attached hydrogens (primary N) is 1. The number of rotatable bonds is 4. The number of nitriles is 1. The first kappa shape index (κ1) is 11.2. The lowest BCUT2D eigenvalue weighted by Crippen LogP contribution is -2.04. The molecule has 16 heavy (non-hydrogen) atoms. The molecule has 4 nitrogen and oxygen atoms in total. The molecule has 1 heterocycles. The lowest BCUT2D eigenvalue weighted by atomic mass is 10.1. The molecule has 0 aliphatic heterocycles. The number of hydrogen-bond donors (Lipinski definition) is 1. The van der Waals surface area contributed by atoms with Crippen LogP contribution in [0, 0.1) is 11.3 Å². The fourth-order valence-electron chi connectivity index (χ4n) is 1.50. The topological polar surface area (TPSA) is 75.6 Å². The predicted molar refractivity (Wildman–Crippen MR) is 64.1 cm³/mol. The molecule has 0 unspecified atom stereocenters. The number of hydrogen-bond acceptors (Lipinski definition) is 5. The van der Waals surface area contributed by atoms with Crippen molar-refractivity contribution in [1.82, 2.24) is 9.97 Å². The van der Waals surface area contributed by atoms with Gasteiger partial charge in [0.1, 0.15) is 17.5 Å². The molecule has 0 amide bonds. The number of nitrogens with zero attached hydrogens (tertiary/aromatic N) is 3. The summed E-state index contributed by atoms with van der Waals surface area (Å²) < 4.78 is 0. The van der Waals surface area contributed by atoms with Gasteiger partial charge in [0, 0.05) is 11.7 Å². The maximum Gasteiger partial charge on any atom is 0.189 e. The van der Waals surface area contributed by atoms with Crippen molar-refractivity contribution in [3.8, 4) is 6.07 Å². The second-order valence-electron chi connectivity index (χ2n) is 3.89. The van der Waals surface area contributed by atoms with E-state index >= 15 is 0 Å². The van der Waals surface area contributed by atoms with Crippen LogP contribution in [-0.4, -0.2) is 15.7 Å². The molecule has 1 aromatic heterocycles. The van der Waals surface area contributed by atoms with E-state index in [-0.39, 0.29) is 0 Å². The molecular formula is C11H14N4S. The molecule has 1 fully saturated rings. The number of aromatic nitrogens is 2. The average molecular weight is 234 g/mol. The first-order valence-electron chi connectivity index (χ1n) is 5.46. The summed E-state index contributed by atoms with van der Waals surface area (Å²) in [5, 5.41) is 9.73. The van der Waals surface area contributed by atoms with E-state index in [1.807, 2.05) is 0 Å². The van der Waals surface area contributed by atoms with Gasteiger partial charge in [0.2, 0.25) is 0 Å². The molecule has 1 aliphatic rings. The first-order chi connectivity index (χ1) is 7.76. The molecule has 0 bridgehead atoms. The SMILES string of the molecule is CCCSc1nc(N)c(C#N)c(C2CC2)n1. The Labute approximate surface area is 99.3 Å². The molecule has 0 aromatic carbocycles. The van der Waals surface area contributed by atoms with Gasteiger partial charge in [0.25, 0.3) is 0 Å². The van der Waals surface area contributed by atoms with E-state index in [9.17, 15) is 0 Å². The van der Waals surface area contributed by atoms with Crippen molar-refractivity contribution in [2.75, 3.05) is 11.5 Å². The van der Waals surface area contributed by atoms with Crippen molar-refractivity contribution in [1.29, 1.82) is 5.26 Å². The van der Waals surface area contributed by atoms with Gasteiger partial charge in [-0.25, -0.2) is 9.97 Å². The largest absolute Gasteiger partial charge is 0.382 e. The fraction of sp³-hybridized carbons (Fsp3) is 0.545. The summed E-state index contributed by atoms with van der Waals surface area (Å²) in [6, 6.07) is 2.11. The summed E-state index contributed by atoms with van der Waals surface area (Å²) in [5.74, 6) is 1.74. The molecule has 0 spiro atoms. The van der Waals surface area contributed by atoms with Crippen LogP contribution >= 0.6 is 11.8 Å². The van der Waals surface area contributed by atoms with Crippen molar-refractivity contribution in [2.24, 2.45) is 0 Å². The molecule has 5 heteroatoms. The van der Waals surface area contributed by atoms with Crippen LogP contribution in [0.5, 0.6) is 0 Å². The Morgan fingerprint density at radius 3 is 2.81 bits per heavy atom. The summed E-state index contributed by atoms with van der Waals surface area (Å²) >= 11 is 1.60. The highest BCUT2D eigenvalue weighted by Gasteiger charge is 2.29. The second-order valence-corrected chi connectivity index (χ2v) is 4.95. The molecule has 1 aliphatic carbocycles. The Morgan fingerprint density at radius 2 is 2.25 bits per heavy atom. The van der Waals surface area contributed by atoms with Gasteiger partial charge < -0.3 is 5.73 Å². The molecule has 0 atom stereocenters. The van der Waals surface area contributed by atoms with E-state index in [1.54, 1.807) is 11.8 Å². The number of thioether (sulfide) groups is 1. The molecule has 1 aromatic rings. The lowest BCUT2D eigenvalue weighted by Gasteiger charge is -2.06. The van der Waals surface area contributed by atoms with Crippen molar-refractivity contribution in [3.05, 3.63) is 11.3 Å². The molecule has 1 saturated carbocycles. The molecule has 2 rings (SSSR count). The highest BCUT2D eigenvalue weighted by atomic mass is 32.2. The van der Waals surface area contributed by atoms with Gasteiger partial charge in [-0.2, -0.15) is 5.26 Å². The monoisotopic (exact) mass is 234 g/mol. The Kier molecular flexibility index (Phi) is 3.30. The van der Waals surface area contributed by atoms with Crippen LogP contribution in [0.1, 0.15) is 43.4 Å². The minimum absolute atomic E-state index is 0.331. The van der Waals surface area contributed by atoms with Gasteiger partial charge in [0.15, 0.2) is 5.16 Å². The normalized spacial score (nSPS) is 14.8. The van der Waals surface area contributed by atoms with E-state index in [0.717, 1.165) is 30.7 Å². The van der Waals surface area contributed by atoms with Crippen molar-refractivity contribution in [2.45, 2.75) is 37.3 Å². The van der Waals surface area contributed by atoms with Crippen molar-refractivity contribution >= 4 is 17.6 Å². The maximum absolute atomic E-state index is 9.03. The van der Waals surface area contributed by atoms with Gasteiger partial charge in [-0.15, -0.1) is 0 Å². The second kappa shape index (κ2) is 4.71. The minimum atomic E-state index is 0.331. The zero-order valence-electron chi connectivity index (χ0n) is 9.23. The fourth-order valence-corrected chi connectivity index (χ4v) is 2.21. The third-order valence-electron chi connectivity index (χ3n) is 2.46. The minimum Gasteiger partial charge on any atom is -0.382 e. The third kappa shape index (κ3) is 2.27. The van der Waals surface area contributed by atoms with Gasteiger partial charge in [0.05, 0.1) is 5.69 Å². The summed E-state index contributed by atoms with van der Waals surface area (Å²) in [7, 11) is 0. The highest BCUT2D eigenvalue weighted by molar-refractivity contribution is 7.99. The highest BCUT2D eigenvalue weighted by Crippen LogP contribution is 2.41. The summed E-state index contributed by atoms with van der Waals surface area (Å²) in [6.07, 6.45) is 3.30. The van der Waals surface area contributed by atoms with E-state index < -0.39 is 0 Å². The van der Waals surface area contributed by atoms with E-state index in [4.69, 9.17) is 11.0 Å². The quantitative estimate of drug-likeness (QED) is 0.639. The Balaban J connectivity index is 2.33. The average Bonchev–Trinajstić information content (AvgIpc) is 3.09.